The van der Waals surface area contributed by atoms with Crippen molar-refractivity contribution in [2.24, 2.45) is 0 Å². The lowest BCUT2D eigenvalue weighted by atomic mass is 10.0. The number of likely N-dealkylation sites (tertiary alicyclic amines) is 1. The van der Waals surface area contributed by atoms with Gasteiger partial charge in [0.15, 0.2) is 0 Å². The number of amides is 1. The SMILES string of the molecule is CN1CCCC1CCN(C(=O)O)c1ccccc1-c1cc(Cl)cc(Cl)c1. The Morgan fingerprint density at radius 3 is 2.54 bits per heavy atom. The van der Waals surface area contributed by atoms with Gasteiger partial charge in [-0.15, -0.1) is 0 Å². The van der Waals surface area contributed by atoms with E-state index in [0.29, 0.717) is 28.3 Å². The summed E-state index contributed by atoms with van der Waals surface area (Å²) in [4.78, 5) is 15.7. The molecule has 0 radical (unpaired) electrons. The summed E-state index contributed by atoms with van der Waals surface area (Å²) in [6, 6.07) is 13.2. The molecular formula is C20H22Cl2N2O2. The molecule has 2 aromatic carbocycles. The van der Waals surface area contributed by atoms with Gasteiger partial charge in [0, 0.05) is 28.2 Å². The number of halogens is 2. The second-order valence-electron chi connectivity index (χ2n) is 6.67. The summed E-state index contributed by atoms with van der Waals surface area (Å²) in [5.74, 6) is 0. The number of rotatable bonds is 5. The fourth-order valence-corrected chi connectivity index (χ4v) is 4.13. The Hall–Kier alpha value is -1.75. The number of anilines is 1. The van der Waals surface area contributed by atoms with E-state index in [4.69, 9.17) is 23.2 Å². The summed E-state index contributed by atoms with van der Waals surface area (Å²) < 4.78 is 0. The van der Waals surface area contributed by atoms with Gasteiger partial charge in [0.05, 0.1) is 5.69 Å². The quantitative estimate of drug-likeness (QED) is 0.716. The van der Waals surface area contributed by atoms with Gasteiger partial charge in [-0.2, -0.15) is 0 Å². The number of hydrogen-bond donors (Lipinski definition) is 1. The molecule has 1 aliphatic rings. The minimum atomic E-state index is -0.953. The Labute approximate surface area is 163 Å². The van der Waals surface area contributed by atoms with Crippen molar-refractivity contribution in [1.29, 1.82) is 0 Å². The molecule has 1 saturated heterocycles. The van der Waals surface area contributed by atoms with Crippen molar-refractivity contribution in [2.75, 3.05) is 25.0 Å². The molecule has 1 aliphatic heterocycles. The summed E-state index contributed by atoms with van der Waals surface area (Å²) in [6.07, 6.45) is 2.15. The van der Waals surface area contributed by atoms with Crippen LogP contribution in [0, 0.1) is 0 Å². The van der Waals surface area contributed by atoms with Gasteiger partial charge in [-0.05, 0) is 62.7 Å². The largest absolute Gasteiger partial charge is 0.465 e. The number of nitrogens with zero attached hydrogens (tertiary/aromatic N) is 2. The van der Waals surface area contributed by atoms with E-state index in [2.05, 4.69) is 11.9 Å². The molecule has 0 bridgehead atoms. The van der Waals surface area contributed by atoms with Crippen LogP contribution >= 0.6 is 23.2 Å². The van der Waals surface area contributed by atoms with E-state index in [1.54, 1.807) is 18.2 Å². The van der Waals surface area contributed by atoms with E-state index in [9.17, 15) is 9.90 Å². The fraction of sp³-hybridized carbons (Fsp3) is 0.350. The average Bonchev–Trinajstić information content (AvgIpc) is 2.99. The molecule has 2 aromatic rings. The number of para-hydroxylation sites is 1. The first-order valence-corrected chi connectivity index (χ1v) is 9.47. The van der Waals surface area contributed by atoms with E-state index >= 15 is 0 Å². The summed E-state index contributed by atoms with van der Waals surface area (Å²) in [7, 11) is 2.10. The van der Waals surface area contributed by atoms with Gasteiger partial charge in [-0.25, -0.2) is 4.79 Å². The van der Waals surface area contributed by atoms with Crippen LogP contribution in [-0.2, 0) is 0 Å². The van der Waals surface area contributed by atoms with Gasteiger partial charge >= 0.3 is 6.09 Å². The van der Waals surface area contributed by atoms with Crippen molar-refractivity contribution in [3.8, 4) is 11.1 Å². The highest BCUT2D eigenvalue weighted by atomic mass is 35.5. The maximum absolute atomic E-state index is 12.0. The van der Waals surface area contributed by atoms with E-state index in [1.807, 2.05) is 24.3 Å². The van der Waals surface area contributed by atoms with E-state index in [-0.39, 0.29) is 0 Å². The topological polar surface area (TPSA) is 43.8 Å². The van der Waals surface area contributed by atoms with Crippen LogP contribution in [0.1, 0.15) is 19.3 Å². The average molecular weight is 393 g/mol. The number of benzene rings is 2. The molecule has 3 rings (SSSR count). The third-order valence-corrected chi connectivity index (χ3v) is 5.39. The lowest BCUT2D eigenvalue weighted by Crippen LogP contribution is -2.35. The first-order chi connectivity index (χ1) is 12.5. The standard InChI is InChI=1S/C20H22Cl2N2O2/c1-23-9-4-5-17(23)8-10-24(20(25)26)19-7-3-2-6-18(19)14-11-15(21)13-16(22)12-14/h2-3,6-7,11-13,17H,4-5,8-10H2,1H3,(H,25,26). The van der Waals surface area contributed by atoms with Crippen LogP contribution in [0.15, 0.2) is 42.5 Å². The minimum absolute atomic E-state index is 0.435. The van der Waals surface area contributed by atoms with Gasteiger partial charge in [0.2, 0.25) is 0 Å². The lowest BCUT2D eigenvalue weighted by molar-refractivity contribution is 0.200. The van der Waals surface area contributed by atoms with Crippen molar-refractivity contribution in [2.45, 2.75) is 25.3 Å². The number of carboxylic acid groups (broad SMARTS) is 1. The molecule has 1 unspecified atom stereocenters. The molecule has 26 heavy (non-hydrogen) atoms. The van der Waals surface area contributed by atoms with Crippen molar-refractivity contribution in [3.05, 3.63) is 52.5 Å². The molecule has 4 nitrogen and oxygen atoms in total. The van der Waals surface area contributed by atoms with Crippen LogP contribution in [0.5, 0.6) is 0 Å². The third-order valence-electron chi connectivity index (χ3n) is 4.96. The van der Waals surface area contributed by atoms with Crippen LogP contribution in [0.4, 0.5) is 10.5 Å². The molecule has 1 amide bonds. The Bertz CT molecular complexity index is 777. The predicted octanol–water partition coefficient (Wildman–Crippen LogP) is 5.63. The zero-order valence-corrected chi connectivity index (χ0v) is 16.2. The van der Waals surface area contributed by atoms with Crippen molar-refractivity contribution >= 4 is 35.0 Å². The second kappa shape index (κ2) is 8.30. The maximum atomic E-state index is 12.0. The molecule has 138 valence electrons. The first kappa shape index (κ1) is 19.0. The highest BCUT2D eigenvalue weighted by Crippen LogP contribution is 2.34. The van der Waals surface area contributed by atoms with E-state index in [0.717, 1.165) is 30.5 Å². The third kappa shape index (κ3) is 4.32. The molecule has 0 aromatic heterocycles. The summed E-state index contributed by atoms with van der Waals surface area (Å²) >= 11 is 12.3. The van der Waals surface area contributed by atoms with Crippen molar-refractivity contribution in [1.82, 2.24) is 4.90 Å². The van der Waals surface area contributed by atoms with Crippen LogP contribution in [0.2, 0.25) is 10.0 Å². The molecule has 1 fully saturated rings. The Morgan fingerprint density at radius 1 is 1.23 bits per heavy atom. The molecule has 1 atom stereocenters. The number of carbonyl (C=O) groups is 1. The number of hydrogen-bond acceptors (Lipinski definition) is 2. The maximum Gasteiger partial charge on any atom is 0.411 e. The van der Waals surface area contributed by atoms with Gasteiger partial charge in [0.25, 0.3) is 0 Å². The van der Waals surface area contributed by atoms with Crippen LogP contribution in [0.3, 0.4) is 0 Å². The van der Waals surface area contributed by atoms with Gasteiger partial charge < -0.3 is 10.0 Å². The molecule has 0 saturated carbocycles. The molecule has 6 heteroatoms. The van der Waals surface area contributed by atoms with Gasteiger partial charge in [0.1, 0.15) is 0 Å². The second-order valence-corrected chi connectivity index (χ2v) is 7.55. The summed E-state index contributed by atoms with van der Waals surface area (Å²) in [5, 5.41) is 10.9. The summed E-state index contributed by atoms with van der Waals surface area (Å²) in [5.41, 5.74) is 2.26. The van der Waals surface area contributed by atoms with Gasteiger partial charge in [-0.3, -0.25) is 4.90 Å². The molecule has 0 aliphatic carbocycles. The Kier molecular flexibility index (Phi) is 6.07. The Morgan fingerprint density at radius 2 is 1.92 bits per heavy atom. The monoisotopic (exact) mass is 392 g/mol. The lowest BCUT2D eigenvalue weighted by Gasteiger charge is -2.26. The zero-order valence-electron chi connectivity index (χ0n) is 14.7. The minimum Gasteiger partial charge on any atom is -0.465 e. The summed E-state index contributed by atoms with van der Waals surface area (Å²) in [6.45, 7) is 1.53. The van der Waals surface area contributed by atoms with Crippen LogP contribution in [-0.4, -0.2) is 42.3 Å². The highest BCUT2D eigenvalue weighted by Gasteiger charge is 2.24. The smallest absolute Gasteiger partial charge is 0.411 e. The van der Waals surface area contributed by atoms with E-state index in [1.165, 1.54) is 11.3 Å². The molecule has 1 N–H and O–H groups in total. The van der Waals surface area contributed by atoms with Crippen LogP contribution in [0.25, 0.3) is 11.1 Å². The van der Waals surface area contributed by atoms with Gasteiger partial charge in [-0.1, -0.05) is 41.4 Å². The molecule has 0 spiro atoms. The molecular weight excluding hydrogens is 371 g/mol. The highest BCUT2D eigenvalue weighted by molar-refractivity contribution is 6.35. The first-order valence-electron chi connectivity index (χ1n) is 8.72. The van der Waals surface area contributed by atoms with E-state index < -0.39 is 6.09 Å². The normalized spacial score (nSPS) is 17.4. The zero-order chi connectivity index (χ0) is 18.7. The predicted molar refractivity (Wildman–Crippen MR) is 108 cm³/mol. The van der Waals surface area contributed by atoms with Crippen molar-refractivity contribution < 1.29 is 9.90 Å². The fourth-order valence-electron chi connectivity index (χ4n) is 3.60. The molecule has 1 heterocycles. The van der Waals surface area contributed by atoms with Crippen molar-refractivity contribution in [3.63, 3.8) is 0 Å². The van der Waals surface area contributed by atoms with Crippen LogP contribution < -0.4 is 4.90 Å². The Balaban J connectivity index is 1.91.